The van der Waals surface area contributed by atoms with E-state index in [0.717, 1.165) is 5.56 Å². The van der Waals surface area contributed by atoms with Crippen LogP contribution in [0.25, 0.3) is 0 Å². The molecule has 0 bridgehead atoms. The summed E-state index contributed by atoms with van der Waals surface area (Å²) in [5.41, 5.74) is 1.05. The Balaban J connectivity index is 2.36. The number of nitrogens with zero attached hydrogens (tertiary/aromatic N) is 1. The zero-order valence-corrected chi connectivity index (χ0v) is 7.89. The van der Waals surface area contributed by atoms with Gasteiger partial charge < -0.3 is 9.84 Å². The lowest BCUT2D eigenvalue weighted by atomic mass is 10.2. The fraction of sp³-hybridized carbons (Fsp3) is 0.364. The molecule has 0 fully saturated rings. The predicted molar refractivity (Wildman–Crippen MR) is 52.3 cm³/mol. The number of benzene rings is 1. The molecule has 1 atom stereocenters. The van der Waals surface area contributed by atoms with Gasteiger partial charge in [0.25, 0.3) is 0 Å². The number of aliphatic hydroxyl groups is 1. The summed E-state index contributed by atoms with van der Waals surface area (Å²) >= 11 is 0. The maximum absolute atomic E-state index is 8.86. The molecule has 0 saturated carbocycles. The van der Waals surface area contributed by atoms with E-state index in [9.17, 15) is 0 Å². The molecule has 3 heteroatoms. The van der Waals surface area contributed by atoms with E-state index in [0.29, 0.717) is 6.61 Å². The predicted octanol–water partition coefficient (Wildman–Crippen LogP) is 1.48. The van der Waals surface area contributed by atoms with E-state index in [1.54, 1.807) is 0 Å². The van der Waals surface area contributed by atoms with Gasteiger partial charge in [0, 0.05) is 0 Å². The van der Waals surface area contributed by atoms with Crippen LogP contribution in [0, 0.1) is 11.3 Å². The zero-order chi connectivity index (χ0) is 10.2. The van der Waals surface area contributed by atoms with E-state index < -0.39 is 0 Å². The van der Waals surface area contributed by atoms with Crippen molar-refractivity contribution in [3.8, 4) is 6.07 Å². The average Bonchev–Trinajstić information content (AvgIpc) is 2.25. The van der Waals surface area contributed by atoms with Gasteiger partial charge in [0.15, 0.2) is 0 Å². The van der Waals surface area contributed by atoms with E-state index in [1.807, 2.05) is 36.4 Å². The van der Waals surface area contributed by atoms with Crippen LogP contribution >= 0.6 is 0 Å². The first kappa shape index (κ1) is 10.7. The topological polar surface area (TPSA) is 53.2 Å². The molecule has 14 heavy (non-hydrogen) atoms. The van der Waals surface area contributed by atoms with Crippen LogP contribution in [0.3, 0.4) is 0 Å². The summed E-state index contributed by atoms with van der Waals surface area (Å²) in [6.07, 6.45) is -0.149. The summed E-state index contributed by atoms with van der Waals surface area (Å²) in [6.45, 7) is 0.328. The number of aliphatic hydroxyl groups excluding tert-OH is 1. The summed E-state index contributed by atoms with van der Waals surface area (Å²) in [6, 6.07) is 11.6. The third-order valence-corrected chi connectivity index (χ3v) is 1.85. The van der Waals surface area contributed by atoms with Gasteiger partial charge in [0.05, 0.1) is 31.8 Å². The van der Waals surface area contributed by atoms with Crippen molar-refractivity contribution >= 4 is 0 Å². The highest BCUT2D eigenvalue weighted by molar-refractivity contribution is 5.13. The van der Waals surface area contributed by atoms with Crippen molar-refractivity contribution in [1.82, 2.24) is 0 Å². The number of hydrogen-bond donors (Lipinski definition) is 1. The van der Waals surface area contributed by atoms with Crippen LogP contribution in [0.1, 0.15) is 12.0 Å². The molecule has 1 rings (SSSR count). The minimum atomic E-state index is -0.375. The quantitative estimate of drug-likeness (QED) is 0.766. The summed E-state index contributed by atoms with van der Waals surface area (Å²) in [4.78, 5) is 0. The first-order chi connectivity index (χ1) is 6.86. The Morgan fingerprint density at radius 1 is 1.36 bits per heavy atom. The van der Waals surface area contributed by atoms with Crippen molar-refractivity contribution in [3.05, 3.63) is 35.9 Å². The molecular weight excluding hydrogens is 178 g/mol. The van der Waals surface area contributed by atoms with Crippen LogP contribution in [0.2, 0.25) is 0 Å². The third kappa shape index (κ3) is 3.56. The van der Waals surface area contributed by atoms with Crippen LogP contribution in [0.5, 0.6) is 0 Å². The van der Waals surface area contributed by atoms with Gasteiger partial charge in [-0.05, 0) is 5.56 Å². The molecule has 3 nitrogen and oxygen atoms in total. The highest BCUT2D eigenvalue weighted by Crippen LogP contribution is 2.04. The second-order valence-corrected chi connectivity index (χ2v) is 2.96. The highest BCUT2D eigenvalue weighted by atomic mass is 16.5. The zero-order valence-electron chi connectivity index (χ0n) is 7.89. The number of ether oxygens (including phenoxy) is 1. The summed E-state index contributed by atoms with van der Waals surface area (Å²) < 4.78 is 5.35. The molecule has 0 radical (unpaired) electrons. The summed E-state index contributed by atoms with van der Waals surface area (Å²) in [5, 5.41) is 17.3. The molecule has 0 aliphatic heterocycles. The van der Waals surface area contributed by atoms with E-state index in [-0.39, 0.29) is 19.1 Å². The highest BCUT2D eigenvalue weighted by Gasteiger charge is 2.06. The van der Waals surface area contributed by atoms with Gasteiger partial charge in [-0.1, -0.05) is 30.3 Å². The first-order valence-electron chi connectivity index (χ1n) is 4.50. The number of nitriles is 1. The van der Waals surface area contributed by atoms with Crippen LogP contribution in [0.4, 0.5) is 0 Å². The first-order valence-corrected chi connectivity index (χ1v) is 4.50. The molecular formula is C11H13NO2. The minimum Gasteiger partial charge on any atom is -0.394 e. The lowest BCUT2D eigenvalue weighted by Gasteiger charge is -2.11. The van der Waals surface area contributed by atoms with E-state index in [2.05, 4.69) is 0 Å². The lowest BCUT2D eigenvalue weighted by Crippen LogP contribution is -2.16. The minimum absolute atomic E-state index is 0.111. The van der Waals surface area contributed by atoms with Gasteiger partial charge in [-0.2, -0.15) is 5.26 Å². The molecule has 0 saturated heterocycles. The van der Waals surface area contributed by atoms with Crippen molar-refractivity contribution in [2.24, 2.45) is 0 Å². The largest absolute Gasteiger partial charge is 0.394 e. The Morgan fingerprint density at radius 2 is 2.07 bits per heavy atom. The van der Waals surface area contributed by atoms with E-state index in [1.165, 1.54) is 0 Å². The standard InChI is InChI=1S/C11H13NO2/c12-7-6-11(8-13)14-9-10-4-2-1-3-5-10/h1-5,11,13H,6,8-9H2. The molecule has 0 aliphatic rings. The van der Waals surface area contributed by atoms with Gasteiger partial charge in [-0.3, -0.25) is 0 Å². The third-order valence-electron chi connectivity index (χ3n) is 1.85. The van der Waals surface area contributed by atoms with Gasteiger partial charge in [0.2, 0.25) is 0 Å². The lowest BCUT2D eigenvalue weighted by molar-refractivity contribution is 0.00575. The van der Waals surface area contributed by atoms with E-state index >= 15 is 0 Å². The molecule has 0 heterocycles. The van der Waals surface area contributed by atoms with Crippen molar-refractivity contribution in [1.29, 1.82) is 5.26 Å². The van der Waals surface area contributed by atoms with Gasteiger partial charge in [-0.15, -0.1) is 0 Å². The van der Waals surface area contributed by atoms with Crippen molar-refractivity contribution in [2.75, 3.05) is 6.61 Å². The number of rotatable bonds is 5. The Labute approximate surface area is 83.6 Å². The van der Waals surface area contributed by atoms with Gasteiger partial charge >= 0.3 is 0 Å². The van der Waals surface area contributed by atoms with Crippen LogP contribution in [-0.2, 0) is 11.3 Å². The van der Waals surface area contributed by atoms with Crippen molar-refractivity contribution in [2.45, 2.75) is 19.1 Å². The van der Waals surface area contributed by atoms with Crippen molar-refractivity contribution in [3.63, 3.8) is 0 Å². The molecule has 1 N–H and O–H groups in total. The molecule has 0 aromatic heterocycles. The molecule has 1 unspecified atom stereocenters. The molecule has 74 valence electrons. The van der Waals surface area contributed by atoms with Crippen LogP contribution < -0.4 is 0 Å². The second-order valence-electron chi connectivity index (χ2n) is 2.96. The molecule has 0 spiro atoms. The maximum Gasteiger partial charge on any atom is 0.0939 e. The SMILES string of the molecule is N#CCC(CO)OCc1ccccc1. The molecule has 1 aromatic carbocycles. The Hall–Kier alpha value is -1.37. The fourth-order valence-corrected chi connectivity index (χ4v) is 1.07. The number of hydrogen-bond acceptors (Lipinski definition) is 3. The maximum atomic E-state index is 8.86. The smallest absolute Gasteiger partial charge is 0.0939 e. The summed E-state index contributed by atoms with van der Waals surface area (Å²) in [5.74, 6) is 0. The molecule has 0 amide bonds. The Morgan fingerprint density at radius 3 is 2.64 bits per heavy atom. The van der Waals surface area contributed by atoms with Gasteiger partial charge in [0.1, 0.15) is 0 Å². The fourth-order valence-electron chi connectivity index (χ4n) is 1.07. The Kier molecular flexibility index (Phi) is 4.70. The Bertz CT molecular complexity index is 292. The summed E-state index contributed by atoms with van der Waals surface area (Å²) in [7, 11) is 0. The van der Waals surface area contributed by atoms with Crippen molar-refractivity contribution < 1.29 is 9.84 Å². The van der Waals surface area contributed by atoms with Crippen LogP contribution in [-0.4, -0.2) is 17.8 Å². The average molecular weight is 191 g/mol. The normalized spacial score (nSPS) is 12.0. The van der Waals surface area contributed by atoms with E-state index in [4.69, 9.17) is 15.1 Å². The van der Waals surface area contributed by atoms with Gasteiger partial charge in [-0.25, -0.2) is 0 Å². The second kappa shape index (κ2) is 6.14. The monoisotopic (exact) mass is 191 g/mol. The molecule has 0 aliphatic carbocycles. The molecule has 1 aromatic rings. The van der Waals surface area contributed by atoms with Crippen LogP contribution in [0.15, 0.2) is 30.3 Å².